The first-order valence-electron chi connectivity index (χ1n) is 3.75. The molecule has 0 unspecified atom stereocenters. The third-order valence-electron chi connectivity index (χ3n) is 1.54. The molecule has 0 aliphatic heterocycles. The van der Waals surface area contributed by atoms with E-state index in [4.69, 9.17) is 0 Å². The molecule has 0 aliphatic rings. The average Bonchev–Trinajstić information content (AvgIpc) is 1.88. The smallest absolute Gasteiger partial charge is 0.0247 e. The number of rotatable bonds is 3. The fourth-order valence-corrected chi connectivity index (χ4v) is 1.08. The van der Waals surface area contributed by atoms with Gasteiger partial charge in [-0.1, -0.05) is 37.0 Å². The van der Waals surface area contributed by atoms with Gasteiger partial charge in [-0.05, 0) is 31.9 Å². The van der Waals surface area contributed by atoms with E-state index in [1.807, 2.05) is 19.9 Å². The normalized spacial score (nSPS) is 13.0. The highest BCUT2D eigenvalue weighted by Gasteiger charge is 1.96. The molecule has 0 heterocycles. The van der Waals surface area contributed by atoms with Crippen molar-refractivity contribution in [2.75, 3.05) is 0 Å². The maximum Gasteiger partial charge on any atom is -0.0247 e. The molecule has 11 heavy (non-hydrogen) atoms. The molecule has 0 aliphatic carbocycles. The quantitative estimate of drug-likeness (QED) is 0.536. The van der Waals surface area contributed by atoms with Gasteiger partial charge in [-0.3, -0.25) is 0 Å². The summed E-state index contributed by atoms with van der Waals surface area (Å²) in [6.45, 7) is 13.6. The van der Waals surface area contributed by atoms with E-state index in [0.717, 1.165) is 5.57 Å². The van der Waals surface area contributed by atoms with Crippen LogP contribution in [-0.4, -0.2) is 0 Å². The van der Waals surface area contributed by atoms with Crippen molar-refractivity contribution < 1.29 is 0 Å². The Hall–Kier alpha value is -1.04. The lowest BCUT2D eigenvalue weighted by Gasteiger charge is -2.04. The predicted molar refractivity (Wildman–Crippen MR) is 52.5 cm³/mol. The lowest BCUT2D eigenvalue weighted by molar-refractivity contribution is 1.32. The third-order valence-corrected chi connectivity index (χ3v) is 1.54. The van der Waals surface area contributed by atoms with E-state index in [2.05, 4.69) is 26.2 Å². The molecule has 0 heteroatoms. The van der Waals surface area contributed by atoms with Gasteiger partial charge in [0.25, 0.3) is 0 Å². The fraction of sp³-hybridized carbons (Fsp3) is 0.273. The number of allylic oxidation sites excluding steroid dienone is 6. The van der Waals surface area contributed by atoms with Crippen molar-refractivity contribution in [2.24, 2.45) is 0 Å². The monoisotopic (exact) mass is 148 g/mol. The van der Waals surface area contributed by atoms with Crippen molar-refractivity contribution >= 4 is 0 Å². The molecule has 0 spiro atoms. The predicted octanol–water partition coefficient (Wildman–Crippen LogP) is 3.64. The van der Waals surface area contributed by atoms with Crippen LogP contribution in [-0.2, 0) is 0 Å². The zero-order valence-corrected chi connectivity index (χ0v) is 7.65. The highest BCUT2D eigenvalue weighted by Crippen LogP contribution is 2.16. The summed E-state index contributed by atoms with van der Waals surface area (Å²) in [5.74, 6) is 0. The van der Waals surface area contributed by atoms with E-state index in [-0.39, 0.29) is 0 Å². The van der Waals surface area contributed by atoms with E-state index in [1.165, 1.54) is 11.1 Å². The minimum atomic E-state index is 1.10. The van der Waals surface area contributed by atoms with Crippen molar-refractivity contribution in [3.8, 4) is 0 Å². The molecule has 0 bridgehead atoms. The van der Waals surface area contributed by atoms with Crippen LogP contribution in [0, 0.1) is 0 Å². The largest absolute Gasteiger partial charge is 0.0991 e. The van der Waals surface area contributed by atoms with Crippen molar-refractivity contribution in [1.29, 1.82) is 0 Å². The molecule has 0 amide bonds. The Balaban J connectivity index is 4.67. The van der Waals surface area contributed by atoms with Crippen LogP contribution in [0.1, 0.15) is 20.8 Å². The van der Waals surface area contributed by atoms with Gasteiger partial charge < -0.3 is 0 Å². The molecule has 0 saturated heterocycles. The van der Waals surface area contributed by atoms with Crippen molar-refractivity contribution in [3.05, 3.63) is 48.1 Å². The van der Waals surface area contributed by atoms with Gasteiger partial charge in [0, 0.05) is 0 Å². The summed E-state index contributed by atoms with van der Waals surface area (Å²) < 4.78 is 0. The molecule has 0 atom stereocenters. The average molecular weight is 148 g/mol. The first kappa shape index (κ1) is 9.96. The summed E-state index contributed by atoms with van der Waals surface area (Å²) in [7, 11) is 0. The molecule has 0 saturated carbocycles. The summed E-state index contributed by atoms with van der Waals surface area (Å²) in [4.78, 5) is 0. The lowest BCUT2D eigenvalue weighted by atomic mass is 10.0. The van der Waals surface area contributed by atoms with Gasteiger partial charge in [-0.2, -0.15) is 0 Å². The molecular formula is C11H16. The van der Waals surface area contributed by atoms with Crippen LogP contribution in [0.2, 0.25) is 0 Å². The van der Waals surface area contributed by atoms with Crippen LogP contribution in [0.3, 0.4) is 0 Å². The third kappa shape index (κ3) is 3.03. The fourth-order valence-electron chi connectivity index (χ4n) is 1.08. The Labute approximate surface area is 69.6 Å². The first-order chi connectivity index (χ1) is 5.13. The second-order valence-electron chi connectivity index (χ2n) is 2.57. The van der Waals surface area contributed by atoms with Crippen LogP contribution in [0.4, 0.5) is 0 Å². The molecule has 0 N–H and O–H groups in total. The number of hydrogen-bond acceptors (Lipinski definition) is 0. The highest BCUT2D eigenvalue weighted by atomic mass is 14.0. The maximum atomic E-state index is 3.89. The standard InChI is InChI=1S/C11H16/c1-6-8-10(5)11(7-2)9(3)4/h6-8H,1,3H2,2,4-5H3/b10-8-,11-7-. The molecule has 0 fully saturated rings. The Kier molecular flexibility index (Phi) is 4.28. The van der Waals surface area contributed by atoms with Crippen LogP contribution in [0.25, 0.3) is 0 Å². The molecular weight excluding hydrogens is 132 g/mol. The highest BCUT2D eigenvalue weighted by molar-refractivity contribution is 5.43. The number of hydrogen-bond donors (Lipinski definition) is 0. The molecule has 0 aromatic carbocycles. The van der Waals surface area contributed by atoms with E-state index in [0.29, 0.717) is 0 Å². The maximum absolute atomic E-state index is 3.89. The van der Waals surface area contributed by atoms with Crippen molar-refractivity contribution in [2.45, 2.75) is 20.8 Å². The van der Waals surface area contributed by atoms with Gasteiger partial charge in [-0.15, -0.1) is 0 Å². The first-order valence-corrected chi connectivity index (χ1v) is 3.75. The zero-order valence-electron chi connectivity index (χ0n) is 7.65. The van der Waals surface area contributed by atoms with Crippen molar-refractivity contribution in [1.82, 2.24) is 0 Å². The molecule has 0 nitrogen and oxygen atoms in total. The summed E-state index contributed by atoms with van der Waals surface area (Å²) in [5.41, 5.74) is 3.53. The Morgan fingerprint density at radius 1 is 1.27 bits per heavy atom. The van der Waals surface area contributed by atoms with E-state index in [1.54, 1.807) is 6.08 Å². The van der Waals surface area contributed by atoms with Gasteiger partial charge in [0.2, 0.25) is 0 Å². The van der Waals surface area contributed by atoms with E-state index < -0.39 is 0 Å². The van der Waals surface area contributed by atoms with Crippen LogP contribution >= 0.6 is 0 Å². The molecule has 0 radical (unpaired) electrons. The molecule has 0 rings (SSSR count). The van der Waals surface area contributed by atoms with Gasteiger partial charge in [0.15, 0.2) is 0 Å². The Bertz CT molecular complexity index is 214. The lowest BCUT2D eigenvalue weighted by Crippen LogP contribution is -1.85. The SMILES string of the molecule is C=C/C=C(C)\C(=C/C)C(=C)C. The van der Waals surface area contributed by atoms with E-state index >= 15 is 0 Å². The molecule has 0 aromatic heterocycles. The summed E-state index contributed by atoms with van der Waals surface area (Å²) in [6, 6.07) is 0. The Morgan fingerprint density at radius 3 is 2.09 bits per heavy atom. The summed E-state index contributed by atoms with van der Waals surface area (Å²) in [5, 5.41) is 0. The summed E-state index contributed by atoms with van der Waals surface area (Å²) >= 11 is 0. The zero-order chi connectivity index (χ0) is 8.85. The van der Waals surface area contributed by atoms with Gasteiger partial charge >= 0.3 is 0 Å². The van der Waals surface area contributed by atoms with Gasteiger partial charge in [0.1, 0.15) is 0 Å². The minimum absolute atomic E-state index is 1.10. The van der Waals surface area contributed by atoms with Crippen LogP contribution in [0.15, 0.2) is 48.1 Å². The second kappa shape index (κ2) is 4.73. The Morgan fingerprint density at radius 2 is 1.82 bits per heavy atom. The molecule has 0 aromatic rings. The second-order valence-corrected chi connectivity index (χ2v) is 2.57. The van der Waals surface area contributed by atoms with Gasteiger partial charge in [-0.25, -0.2) is 0 Å². The van der Waals surface area contributed by atoms with Crippen LogP contribution < -0.4 is 0 Å². The van der Waals surface area contributed by atoms with E-state index in [9.17, 15) is 0 Å². The van der Waals surface area contributed by atoms with Gasteiger partial charge in [0.05, 0.1) is 0 Å². The minimum Gasteiger partial charge on any atom is -0.0991 e. The summed E-state index contributed by atoms with van der Waals surface area (Å²) in [6.07, 6.45) is 5.85. The van der Waals surface area contributed by atoms with Crippen LogP contribution in [0.5, 0.6) is 0 Å². The topological polar surface area (TPSA) is 0 Å². The van der Waals surface area contributed by atoms with Crippen molar-refractivity contribution in [3.63, 3.8) is 0 Å². The molecule has 60 valence electrons.